The lowest BCUT2D eigenvalue weighted by Crippen LogP contribution is -2.39. The number of cyclic esters (lactones) is 1. The average Bonchev–Trinajstić information content (AvgIpc) is 2.83. The molecule has 1 saturated heterocycles. The molecule has 35 heavy (non-hydrogen) atoms. The van der Waals surface area contributed by atoms with Crippen molar-refractivity contribution in [3.8, 4) is 11.5 Å². The number of nitrogens with zero attached hydrogens (tertiary/aromatic N) is 1. The van der Waals surface area contributed by atoms with Crippen LogP contribution in [0, 0.1) is 5.92 Å². The van der Waals surface area contributed by atoms with Gasteiger partial charge in [0.05, 0.1) is 10.7 Å². The highest BCUT2D eigenvalue weighted by molar-refractivity contribution is 6.34. The summed E-state index contributed by atoms with van der Waals surface area (Å²) in [5, 5.41) is 20.5. The summed E-state index contributed by atoms with van der Waals surface area (Å²) >= 11 is 6.34. The second kappa shape index (κ2) is 12.7. The maximum absolute atomic E-state index is 13.0. The number of halogens is 1. The average molecular weight is 505 g/mol. The number of hydrogen-bond acceptors (Lipinski definition) is 7. The molecule has 0 saturated carbocycles. The number of carbonyl (C=O) groups excluding carboxylic acids is 2. The number of nitrogens with one attached hydrogen (secondary N) is 1. The topological polar surface area (TPSA) is 108 Å². The van der Waals surface area contributed by atoms with E-state index in [0.29, 0.717) is 5.70 Å². The molecule has 0 spiro atoms. The molecule has 190 valence electrons. The number of benzene rings is 1. The smallest absolute Gasteiger partial charge is 0.342 e. The van der Waals surface area contributed by atoms with E-state index >= 15 is 0 Å². The third-order valence-electron chi connectivity index (χ3n) is 6.13. The zero-order valence-electron chi connectivity index (χ0n) is 20.1. The first-order valence-electron chi connectivity index (χ1n) is 11.9. The number of fused-ring (bicyclic) bond motifs is 1. The van der Waals surface area contributed by atoms with Crippen molar-refractivity contribution in [3.63, 3.8) is 0 Å². The fraction of sp³-hybridized carbons (Fsp3) is 0.462. The van der Waals surface area contributed by atoms with Gasteiger partial charge in [-0.15, -0.1) is 0 Å². The summed E-state index contributed by atoms with van der Waals surface area (Å²) in [5.74, 6) is -1.78. The molecule has 8 nitrogen and oxygen atoms in total. The Hall–Kier alpha value is -2.97. The fourth-order valence-electron chi connectivity index (χ4n) is 3.89. The Morgan fingerprint density at radius 2 is 1.89 bits per heavy atom. The Kier molecular flexibility index (Phi) is 9.63. The quantitative estimate of drug-likeness (QED) is 0.309. The normalized spacial score (nSPS) is 23.0. The first-order chi connectivity index (χ1) is 16.8. The van der Waals surface area contributed by atoms with Crippen LogP contribution in [0.1, 0.15) is 61.9 Å². The van der Waals surface area contributed by atoms with Crippen molar-refractivity contribution < 1.29 is 29.4 Å². The van der Waals surface area contributed by atoms with Gasteiger partial charge in [-0.1, -0.05) is 36.8 Å². The molecule has 2 aliphatic rings. The molecule has 1 fully saturated rings. The van der Waals surface area contributed by atoms with E-state index in [9.17, 15) is 19.8 Å². The minimum absolute atomic E-state index is 0.0392. The predicted molar refractivity (Wildman–Crippen MR) is 134 cm³/mol. The molecule has 2 atom stereocenters. The molecule has 0 aromatic heterocycles. The molecule has 0 bridgehead atoms. The number of hydrogen-bond donors (Lipinski definition) is 3. The number of esters is 1. The second-order valence-corrected chi connectivity index (χ2v) is 9.20. The number of rotatable bonds is 4. The van der Waals surface area contributed by atoms with Crippen LogP contribution in [0.3, 0.4) is 0 Å². The highest BCUT2D eigenvalue weighted by Crippen LogP contribution is 2.38. The molecule has 2 heterocycles. The Bertz CT molecular complexity index is 1010. The van der Waals surface area contributed by atoms with E-state index in [1.807, 2.05) is 25.2 Å². The second-order valence-electron chi connectivity index (χ2n) is 8.83. The molecule has 1 amide bonds. The lowest BCUT2D eigenvalue weighted by Gasteiger charge is -2.26. The number of likely N-dealkylation sites (tertiary alicyclic amines) is 1. The van der Waals surface area contributed by atoms with Gasteiger partial charge in [0.25, 0.3) is 5.91 Å². The monoisotopic (exact) mass is 504 g/mol. The maximum atomic E-state index is 13.0. The molecule has 0 radical (unpaired) electrons. The molecule has 3 N–H and O–H groups in total. The minimum atomic E-state index is -0.773. The first-order valence-corrected chi connectivity index (χ1v) is 12.3. The molecule has 0 aliphatic carbocycles. The molecule has 9 heteroatoms. The van der Waals surface area contributed by atoms with E-state index in [0.717, 1.165) is 51.3 Å². The van der Waals surface area contributed by atoms with Gasteiger partial charge in [0.2, 0.25) is 0 Å². The zero-order valence-corrected chi connectivity index (χ0v) is 20.9. The van der Waals surface area contributed by atoms with E-state index < -0.39 is 17.8 Å². The van der Waals surface area contributed by atoms with Crippen molar-refractivity contribution in [1.82, 2.24) is 10.4 Å². The summed E-state index contributed by atoms with van der Waals surface area (Å²) in [7, 11) is 0. The summed E-state index contributed by atoms with van der Waals surface area (Å²) in [6.45, 7) is 4.98. The lowest BCUT2D eigenvalue weighted by atomic mass is 10.0. The van der Waals surface area contributed by atoms with Gasteiger partial charge in [-0.2, -0.15) is 0 Å². The van der Waals surface area contributed by atoms with Crippen molar-refractivity contribution in [3.05, 3.63) is 52.2 Å². The van der Waals surface area contributed by atoms with Crippen LogP contribution in [0.5, 0.6) is 11.5 Å². The van der Waals surface area contributed by atoms with Gasteiger partial charge in [0.1, 0.15) is 23.2 Å². The maximum Gasteiger partial charge on any atom is 0.342 e. The number of piperidine rings is 1. The van der Waals surface area contributed by atoms with E-state index in [2.05, 4.69) is 5.48 Å². The number of hydroxylamine groups is 1. The van der Waals surface area contributed by atoms with Crippen molar-refractivity contribution >= 4 is 29.6 Å². The zero-order chi connectivity index (χ0) is 25.4. The highest BCUT2D eigenvalue weighted by Gasteiger charge is 2.25. The number of ether oxygens (including phenoxy) is 1. The molecule has 1 aromatic rings. The molecule has 2 aliphatic heterocycles. The van der Waals surface area contributed by atoms with E-state index in [1.165, 1.54) is 6.08 Å². The van der Waals surface area contributed by atoms with Crippen molar-refractivity contribution in [2.24, 2.45) is 5.92 Å². The minimum Gasteiger partial charge on any atom is -0.507 e. The Balaban J connectivity index is 1.90. The van der Waals surface area contributed by atoms with Crippen LogP contribution in [0.15, 0.2) is 36.1 Å². The van der Waals surface area contributed by atoms with Gasteiger partial charge in [-0.3, -0.25) is 15.1 Å². The van der Waals surface area contributed by atoms with Crippen LogP contribution in [-0.2, 0) is 14.4 Å². The van der Waals surface area contributed by atoms with E-state index in [-0.39, 0.29) is 40.3 Å². The summed E-state index contributed by atoms with van der Waals surface area (Å²) < 4.78 is 5.59. The Labute approximate surface area is 210 Å². The van der Waals surface area contributed by atoms with Crippen LogP contribution in [-0.4, -0.2) is 52.8 Å². The van der Waals surface area contributed by atoms with Gasteiger partial charge in [0, 0.05) is 30.6 Å². The summed E-state index contributed by atoms with van der Waals surface area (Å²) in [5.41, 5.74) is 3.01. The van der Waals surface area contributed by atoms with Crippen LogP contribution >= 0.6 is 11.6 Å². The lowest BCUT2D eigenvalue weighted by molar-refractivity contribution is -0.139. The van der Waals surface area contributed by atoms with E-state index in [1.54, 1.807) is 17.9 Å². The van der Waals surface area contributed by atoms with Crippen molar-refractivity contribution in [2.45, 2.75) is 52.1 Å². The SMILES string of the molecule is C[C@H]1C=CCCC=C/C(NOCC(=O)N2CCCCC2)=C/c2c(Cl)c(O)cc(O)c2C(=O)O[C@@H]1C. The summed E-state index contributed by atoms with van der Waals surface area (Å²) in [4.78, 5) is 32.7. The van der Waals surface area contributed by atoms with Gasteiger partial charge in [0.15, 0.2) is 6.61 Å². The molecule has 1 aromatic carbocycles. The summed E-state index contributed by atoms with van der Waals surface area (Å²) in [6, 6.07) is 1.00. The Morgan fingerprint density at radius 3 is 2.63 bits per heavy atom. The van der Waals surface area contributed by atoms with Crippen molar-refractivity contribution in [1.29, 1.82) is 0 Å². The highest BCUT2D eigenvalue weighted by atomic mass is 35.5. The Morgan fingerprint density at radius 1 is 1.17 bits per heavy atom. The molecule has 3 rings (SSSR count). The van der Waals surface area contributed by atoms with Crippen LogP contribution in [0.4, 0.5) is 0 Å². The first kappa shape index (κ1) is 26.6. The number of carbonyl (C=O) groups is 2. The van der Waals surface area contributed by atoms with Crippen LogP contribution in [0.25, 0.3) is 6.08 Å². The fourth-order valence-corrected chi connectivity index (χ4v) is 4.09. The van der Waals surface area contributed by atoms with Gasteiger partial charge in [-0.05, 0) is 51.2 Å². The summed E-state index contributed by atoms with van der Waals surface area (Å²) in [6.07, 6.45) is 13.2. The van der Waals surface area contributed by atoms with Gasteiger partial charge >= 0.3 is 5.97 Å². The number of amides is 1. The number of phenolic OH excluding ortho intramolecular Hbond substituents is 2. The third kappa shape index (κ3) is 7.26. The van der Waals surface area contributed by atoms with Crippen LogP contribution in [0.2, 0.25) is 5.02 Å². The van der Waals surface area contributed by atoms with Crippen LogP contribution < -0.4 is 5.48 Å². The standard InChI is InChI=1S/C26H33ClN2O6/c1-17-10-6-3-4-7-11-19(28-34-16-23(32)29-12-8-5-9-13-29)14-20-24(26(33)35-18(17)2)21(30)15-22(31)25(20)27/h6-7,10-11,14-15,17-18,28,30-31H,3-5,8-9,12-13,16H2,1-2H3/b10-6?,11-7?,19-14-/t17-,18+/m0/s1. The predicted octanol–water partition coefficient (Wildman–Crippen LogP) is 4.71. The van der Waals surface area contributed by atoms with Gasteiger partial charge in [-0.25, -0.2) is 4.79 Å². The molecular formula is C26H33ClN2O6. The third-order valence-corrected chi connectivity index (χ3v) is 6.53. The molecule has 0 unspecified atom stereocenters. The van der Waals surface area contributed by atoms with E-state index in [4.69, 9.17) is 21.2 Å². The number of phenols is 2. The number of aromatic hydroxyl groups is 2. The largest absolute Gasteiger partial charge is 0.507 e. The van der Waals surface area contributed by atoms with Gasteiger partial charge < -0.3 is 19.8 Å². The number of allylic oxidation sites excluding steroid dienone is 3. The molecular weight excluding hydrogens is 472 g/mol. The van der Waals surface area contributed by atoms with Crippen molar-refractivity contribution in [2.75, 3.05) is 19.7 Å².